The van der Waals surface area contributed by atoms with Crippen molar-refractivity contribution in [2.75, 3.05) is 39.3 Å². The maximum absolute atomic E-state index is 12.3. The second-order valence-electron chi connectivity index (χ2n) is 5.40. The Bertz CT molecular complexity index is 475. The van der Waals surface area contributed by atoms with Crippen molar-refractivity contribution in [1.82, 2.24) is 14.7 Å². The van der Waals surface area contributed by atoms with Crippen molar-refractivity contribution in [3.05, 3.63) is 24.2 Å². The number of rotatable bonds is 5. The second-order valence-corrected chi connectivity index (χ2v) is 5.40. The first-order valence-electron chi connectivity index (χ1n) is 7.99. The van der Waals surface area contributed by atoms with Gasteiger partial charge < -0.3 is 19.1 Å². The first-order valence-corrected chi connectivity index (χ1v) is 7.99. The lowest BCUT2D eigenvalue weighted by atomic mass is 10.2. The molecule has 0 atom stereocenters. The third kappa shape index (κ3) is 4.02. The van der Waals surface area contributed by atoms with Gasteiger partial charge in [-0.15, -0.1) is 0 Å². The normalized spacial score (nSPS) is 15.0. The quantitative estimate of drug-likeness (QED) is 0.834. The molecule has 2 heterocycles. The zero-order valence-electron chi connectivity index (χ0n) is 13.5. The van der Waals surface area contributed by atoms with Crippen LogP contribution >= 0.6 is 0 Å². The van der Waals surface area contributed by atoms with Crippen LogP contribution in [0.2, 0.25) is 0 Å². The highest BCUT2D eigenvalue weighted by Crippen LogP contribution is 2.10. The lowest BCUT2D eigenvalue weighted by molar-refractivity contribution is -0.132. The molecule has 0 aromatic carbocycles. The third-order valence-electron chi connectivity index (χ3n) is 4.10. The van der Waals surface area contributed by atoms with Crippen LogP contribution in [0.3, 0.4) is 0 Å². The molecule has 1 saturated heterocycles. The van der Waals surface area contributed by atoms with Gasteiger partial charge in [0.1, 0.15) is 5.76 Å². The van der Waals surface area contributed by atoms with E-state index in [9.17, 15) is 9.59 Å². The molecule has 0 saturated carbocycles. The monoisotopic (exact) mass is 307 g/mol. The fourth-order valence-corrected chi connectivity index (χ4v) is 2.68. The summed E-state index contributed by atoms with van der Waals surface area (Å²) < 4.78 is 5.24. The molecule has 1 aromatic heterocycles. The van der Waals surface area contributed by atoms with Crippen molar-refractivity contribution < 1.29 is 14.0 Å². The van der Waals surface area contributed by atoms with Crippen molar-refractivity contribution in [2.24, 2.45) is 0 Å². The molecule has 0 aliphatic carbocycles. The predicted octanol–water partition coefficient (Wildman–Crippen LogP) is 1.82. The van der Waals surface area contributed by atoms with Crippen LogP contribution in [0.1, 0.15) is 26.0 Å². The van der Waals surface area contributed by atoms with E-state index in [0.29, 0.717) is 39.0 Å². The number of hydrogen-bond acceptors (Lipinski definition) is 3. The SMILES string of the molecule is CCN(CC)C(=O)N1CCN(C(=O)CCc2ccco2)CC1. The maximum Gasteiger partial charge on any atom is 0.320 e. The Kier molecular flexibility index (Phi) is 5.86. The van der Waals surface area contributed by atoms with Crippen molar-refractivity contribution in [2.45, 2.75) is 26.7 Å². The molecule has 0 bridgehead atoms. The third-order valence-corrected chi connectivity index (χ3v) is 4.10. The number of carbonyl (C=O) groups is 2. The van der Waals surface area contributed by atoms with Crippen molar-refractivity contribution in [1.29, 1.82) is 0 Å². The van der Waals surface area contributed by atoms with E-state index in [1.165, 1.54) is 0 Å². The molecule has 1 aromatic rings. The minimum atomic E-state index is 0.0766. The summed E-state index contributed by atoms with van der Waals surface area (Å²) in [5.41, 5.74) is 0. The molecule has 6 heteroatoms. The maximum atomic E-state index is 12.3. The Morgan fingerprint density at radius 2 is 1.77 bits per heavy atom. The number of hydrogen-bond donors (Lipinski definition) is 0. The van der Waals surface area contributed by atoms with Crippen LogP contribution in [-0.2, 0) is 11.2 Å². The highest BCUT2D eigenvalue weighted by Gasteiger charge is 2.25. The molecule has 3 amide bonds. The number of carbonyl (C=O) groups excluding carboxylic acids is 2. The summed E-state index contributed by atoms with van der Waals surface area (Å²) in [7, 11) is 0. The molecule has 0 N–H and O–H groups in total. The summed E-state index contributed by atoms with van der Waals surface area (Å²) in [5, 5.41) is 0. The number of urea groups is 1. The van der Waals surface area contributed by atoms with E-state index in [-0.39, 0.29) is 11.9 Å². The standard InChI is InChI=1S/C16H25N3O3/c1-3-17(4-2)16(21)19-11-9-18(10-12-19)15(20)8-7-14-6-5-13-22-14/h5-6,13H,3-4,7-12H2,1-2H3. The Morgan fingerprint density at radius 3 is 2.32 bits per heavy atom. The van der Waals surface area contributed by atoms with Gasteiger partial charge in [0.25, 0.3) is 0 Å². The average Bonchev–Trinajstić information content (AvgIpc) is 3.07. The topological polar surface area (TPSA) is 57.0 Å². The highest BCUT2D eigenvalue weighted by atomic mass is 16.3. The molecular formula is C16H25N3O3. The number of furan rings is 1. The lowest BCUT2D eigenvalue weighted by Crippen LogP contribution is -2.54. The van der Waals surface area contributed by atoms with Crippen LogP contribution < -0.4 is 0 Å². The number of piperazine rings is 1. The molecule has 2 rings (SSSR count). The molecule has 6 nitrogen and oxygen atoms in total. The Morgan fingerprint density at radius 1 is 1.14 bits per heavy atom. The first-order chi connectivity index (χ1) is 10.7. The van der Waals surface area contributed by atoms with Gasteiger partial charge in [0.2, 0.25) is 5.91 Å². The van der Waals surface area contributed by atoms with Crippen LogP contribution in [0.4, 0.5) is 4.79 Å². The Hall–Kier alpha value is -1.98. The van der Waals surface area contributed by atoms with Gasteiger partial charge in [-0.1, -0.05) is 0 Å². The molecule has 0 radical (unpaired) electrons. The van der Waals surface area contributed by atoms with Crippen molar-refractivity contribution >= 4 is 11.9 Å². The molecule has 1 aliphatic rings. The zero-order chi connectivity index (χ0) is 15.9. The van der Waals surface area contributed by atoms with Crippen LogP contribution in [0.25, 0.3) is 0 Å². The molecule has 122 valence electrons. The van der Waals surface area contributed by atoms with Gasteiger partial charge in [0.15, 0.2) is 0 Å². The van der Waals surface area contributed by atoms with Gasteiger partial charge in [0.05, 0.1) is 6.26 Å². The van der Waals surface area contributed by atoms with Crippen molar-refractivity contribution in [3.63, 3.8) is 0 Å². The minimum Gasteiger partial charge on any atom is -0.469 e. The zero-order valence-corrected chi connectivity index (χ0v) is 13.5. The summed E-state index contributed by atoms with van der Waals surface area (Å²) in [6.45, 7) is 7.86. The minimum absolute atomic E-state index is 0.0766. The number of amides is 3. The first kappa shape index (κ1) is 16.4. The Labute approximate surface area is 131 Å². The van der Waals surface area contributed by atoms with E-state index >= 15 is 0 Å². The largest absolute Gasteiger partial charge is 0.469 e. The van der Waals surface area contributed by atoms with E-state index in [4.69, 9.17) is 4.42 Å². The van der Waals surface area contributed by atoms with Gasteiger partial charge in [-0.3, -0.25) is 4.79 Å². The van der Waals surface area contributed by atoms with Crippen molar-refractivity contribution in [3.8, 4) is 0 Å². The van der Waals surface area contributed by atoms with Crippen LogP contribution in [0, 0.1) is 0 Å². The lowest BCUT2D eigenvalue weighted by Gasteiger charge is -2.37. The molecule has 1 fully saturated rings. The van der Waals surface area contributed by atoms with E-state index in [1.54, 1.807) is 6.26 Å². The summed E-state index contributed by atoms with van der Waals surface area (Å²) in [6.07, 6.45) is 2.71. The molecule has 0 spiro atoms. The summed E-state index contributed by atoms with van der Waals surface area (Å²) >= 11 is 0. The Balaban J connectivity index is 1.76. The van der Waals surface area contributed by atoms with Gasteiger partial charge in [-0.25, -0.2) is 4.79 Å². The van der Waals surface area contributed by atoms with Crippen LogP contribution in [0.5, 0.6) is 0 Å². The van der Waals surface area contributed by atoms with Gasteiger partial charge >= 0.3 is 6.03 Å². The average molecular weight is 307 g/mol. The predicted molar refractivity (Wildman–Crippen MR) is 83.5 cm³/mol. The summed E-state index contributed by atoms with van der Waals surface area (Å²) in [6, 6.07) is 3.79. The van der Waals surface area contributed by atoms with E-state index in [2.05, 4.69) is 0 Å². The number of aryl methyl sites for hydroxylation is 1. The molecule has 22 heavy (non-hydrogen) atoms. The molecular weight excluding hydrogens is 282 g/mol. The smallest absolute Gasteiger partial charge is 0.320 e. The van der Waals surface area contributed by atoms with Crippen LogP contribution in [-0.4, -0.2) is 65.9 Å². The second kappa shape index (κ2) is 7.87. The molecule has 1 aliphatic heterocycles. The number of nitrogens with zero attached hydrogens (tertiary/aromatic N) is 3. The fourth-order valence-electron chi connectivity index (χ4n) is 2.68. The van der Waals surface area contributed by atoms with Gasteiger partial charge in [-0.05, 0) is 26.0 Å². The van der Waals surface area contributed by atoms with E-state index < -0.39 is 0 Å². The summed E-state index contributed by atoms with van der Waals surface area (Å²) in [5.74, 6) is 0.968. The van der Waals surface area contributed by atoms with E-state index in [1.807, 2.05) is 40.7 Å². The highest BCUT2D eigenvalue weighted by molar-refractivity contribution is 5.78. The van der Waals surface area contributed by atoms with E-state index in [0.717, 1.165) is 18.8 Å². The van der Waals surface area contributed by atoms with Gasteiger partial charge in [-0.2, -0.15) is 0 Å². The molecule has 0 unspecified atom stereocenters. The van der Waals surface area contributed by atoms with Gasteiger partial charge in [0, 0.05) is 52.1 Å². The fraction of sp³-hybridized carbons (Fsp3) is 0.625. The summed E-state index contributed by atoms with van der Waals surface area (Å²) in [4.78, 5) is 29.9. The van der Waals surface area contributed by atoms with Crippen LogP contribution in [0.15, 0.2) is 22.8 Å².